The van der Waals surface area contributed by atoms with Gasteiger partial charge in [-0.2, -0.15) is 4.98 Å². The molecular formula is C17H18N4O4S. The standard InChI is InChI=1S/C17H18N4O4S/c1-10-13(24-9-18-10)16-19-15(20-25-16)12-14(17(12,2)3)21-26(22,23)11-7-5-4-6-8-11/h4-9,12,14,21H,1-3H3/t12-,14-/m0/s1. The van der Waals surface area contributed by atoms with Crippen LogP contribution in [-0.4, -0.2) is 29.6 Å². The molecule has 2 atom stereocenters. The fourth-order valence-corrected chi connectivity index (χ4v) is 4.56. The van der Waals surface area contributed by atoms with E-state index in [1.54, 1.807) is 37.3 Å². The van der Waals surface area contributed by atoms with E-state index in [0.717, 1.165) is 0 Å². The van der Waals surface area contributed by atoms with Gasteiger partial charge in [-0.3, -0.25) is 0 Å². The number of nitrogens with zero attached hydrogens (tertiary/aromatic N) is 3. The molecule has 0 aliphatic heterocycles. The quantitative estimate of drug-likeness (QED) is 0.730. The van der Waals surface area contributed by atoms with Gasteiger partial charge in [0.1, 0.15) is 0 Å². The van der Waals surface area contributed by atoms with E-state index >= 15 is 0 Å². The Morgan fingerprint density at radius 1 is 1.19 bits per heavy atom. The first-order valence-corrected chi connectivity index (χ1v) is 9.60. The summed E-state index contributed by atoms with van der Waals surface area (Å²) in [6.07, 6.45) is 1.31. The van der Waals surface area contributed by atoms with Crippen molar-refractivity contribution in [2.45, 2.75) is 37.6 Å². The number of hydrogen-bond acceptors (Lipinski definition) is 7. The average molecular weight is 374 g/mol. The highest BCUT2D eigenvalue weighted by molar-refractivity contribution is 7.89. The van der Waals surface area contributed by atoms with E-state index in [-0.39, 0.29) is 28.2 Å². The van der Waals surface area contributed by atoms with E-state index < -0.39 is 10.0 Å². The predicted octanol–water partition coefficient (Wildman–Crippen LogP) is 2.50. The van der Waals surface area contributed by atoms with E-state index in [1.165, 1.54) is 6.39 Å². The molecule has 8 nitrogen and oxygen atoms in total. The van der Waals surface area contributed by atoms with Crippen molar-refractivity contribution in [1.82, 2.24) is 19.8 Å². The van der Waals surface area contributed by atoms with Crippen LogP contribution in [0.25, 0.3) is 11.7 Å². The SMILES string of the molecule is Cc1ncoc1-c1nc([C@@H]2[C@H](NS(=O)(=O)c3ccccc3)C2(C)C)no1. The fourth-order valence-electron chi connectivity index (χ4n) is 3.14. The number of aromatic nitrogens is 3. The number of rotatable bonds is 5. The minimum absolute atomic E-state index is 0.193. The zero-order chi connectivity index (χ0) is 18.5. The van der Waals surface area contributed by atoms with Crippen molar-refractivity contribution in [3.63, 3.8) is 0 Å². The lowest BCUT2D eigenvalue weighted by Gasteiger charge is -2.07. The number of sulfonamides is 1. The van der Waals surface area contributed by atoms with Crippen molar-refractivity contribution in [2.24, 2.45) is 5.41 Å². The summed E-state index contributed by atoms with van der Waals surface area (Å²) in [5, 5.41) is 4.02. The van der Waals surface area contributed by atoms with Crippen molar-refractivity contribution in [2.75, 3.05) is 0 Å². The van der Waals surface area contributed by atoms with Gasteiger partial charge in [0.15, 0.2) is 12.2 Å². The molecule has 2 aromatic heterocycles. The van der Waals surface area contributed by atoms with E-state index in [4.69, 9.17) is 8.94 Å². The molecule has 2 heterocycles. The molecule has 1 fully saturated rings. The summed E-state index contributed by atoms with van der Waals surface area (Å²) in [5.74, 6) is 0.911. The fraction of sp³-hybridized carbons (Fsp3) is 0.353. The Kier molecular flexibility index (Phi) is 3.74. The Bertz CT molecular complexity index is 1040. The second kappa shape index (κ2) is 5.75. The third kappa shape index (κ3) is 2.73. The minimum Gasteiger partial charge on any atom is -0.438 e. The third-order valence-electron chi connectivity index (χ3n) is 4.82. The van der Waals surface area contributed by atoms with Crippen LogP contribution >= 0.6 is 0 Å². The topological polar surface area (TPSA) is 111 Å². The Morgan fingerprint density at radius 2 is 1.92 bits per heavy atom. The van der Waals surface area contributed by atoms with Crippen LogP contribution in [-0.2, 0) is 10.0 Å². The molecule has 3 aromatic rings. The summed E-state index contributed by atoms with van der Waals surface area (Å²) in [6.45, 7) is 5.71. The average Bonchev–Trinajstić information content (AvgIpc) is 3.01. The number of nitrogens with one attached hydrogen (secondary N) is 1. The second-order valence-electron chi connectivity index (χ2n) is 6.94. The molecule has 4 rings (SSSR count). The van der Waals surface area contributed by atoms with Gasteiger partial charge in [0.05, 0.1) is 10.6 Å². The maximum atomic E-state index is 12.6. The monoisotopic (exact) mass is 374 g/mol. The zero-order valence-corrected chi connectivity index (χ0v) is 15.3. The number of benzene rings is 1. The van der Waals surface area contributed by atoms with Crippen LogP contribution < -0.4 is 4.72 Å². The van der Waals surface area contributed by atoms with Crippen molar-refractivity contribution >= 4 is 10.0 Å². The molecule has 0 amide bonds. The lowest BCUT2D eigenvalue weighted by atomic mass is 10.1. The third-order valence-corrected chi connectivity index (χ3v) is 6.28. The molecule has 0 radical (unpaired) electrons. The molecule has 1 aliphatic rings. The van der Waals surface area contributed by atoms with Crippen molar-refractivity contribution < 1.29 is 17.4 Å². The van der Waals surface area contributed by atoms with Gasteiger partial charge in [-0.1, -0.05) is 37.2 Å². The van der Waals surface area contributed by atoms with Crippen molar-refractivity contribution in [1.29, 1.82) is 0 Å². The molecule has 1 aromatic carbocycles. The summed E-state index contributed by atoms with van der Waals surface area (Å²) in [4.78, 5) is 8.61. The van der Waals surface area contributed by atoms with E-state index in [1.807, 2.05) is 13.8 Å². The summed E-state index contributed by atoms with van der Waals surface area (Å²) < 4.78 is 38.5. The smallest absolute Gasteiger partial charge is 0.295 e. The Labute approximate surface area is 150 Å². The second-order valence-corrected chi connectivity index (χ2v) is 8.65. The maximum absolute atomic E-state index is 12.6. The molecule has 0 saturated heterocycles. The number of hydrogen-bond donors (Lipinski definition) is 1. The molecule has 1 N–H and O–H groups in total. The molecule has 1 aliphatic carbocycles. The highest BCUT2D eigenvalue weighted by Crippen LogP contribution is 2.58. The molecule has 0 unspecified atom stereocenters. The number of aryl methyl sites for hydroxylation is 1. The van der Waals surface area contributed by atoms with Gasteiger partial charge in [-0.15, -0.1) is 0 Å². The highest BCUT2D eigenvalue weighted by atomic mass is 32.2. The molecule has 1 saturated carbocycles. The van der Waals surface area contributed by atoms with E-state index in [2.05, 4.69) is 19.8 Å². The maximum Gasteiger partial charge on any atom is 0.295 e. The van der Waals surface area contributed by atoms with Crippen molar-refractivity contribution in [3.05, 3.63) is 48.2 Å². The Balaban J connectivity index is 1.58. The predicted molar refractivity (Wildman–Crippen MR) is 91.6 cm³/mol. The normalized spacial score (nSPS) is 21.7. The van der Waals surface area contributed by atoms with Gasteiger partial charge in [-0.05, 0) is 24.5 Å². The van der Waals surface area contributed by atoms with Gasteiger partial charge in [0, 0.05) is 12.0 Å². The van der Waals surface area contributed by atoms with Gasteiger partial charge >= 0.3 is 0 Å². The molecule has 26 heavy (non-hydrogen) atoms. The molecule has 136 valence electrons. The van der Waals surface area contributed by atoms with Crippen LogP contribution in [0.1, 0.15) is 31.3 Å². The van der Waals surface area contributed by atoms with Crippen LogP contribution in [0.2, 0.25) is 0 Å². The van der Waals surface area contributed by atoms with Crippen LogP contribution in [0.15, 0.2) is 50.6 Å². The number of oxazole rings is 1. The van der Waals surface area contributed by atoms with E-state index in [9.17, 15) is 8.42 Å². The Hall–Kier alpha value is -2.52. The van der Waals surface area contributed by atoms with Gasteiger partial charge in [-0.25, -0.2) is 18.1 Å². The molecule has 0 spiro atoms. The summed E-state index contributed by atoms with van der Waals surface area (Å²) in [7, 11) is -3.62. The van der Waals surface area contributed by atoms with Crippen molar-refractivity contribution in [3.8, 4) is 11.7 Å². The first-order valence-electron chi connectivity index (χ1n) is 8.12. The largest absolute Gasteiger partial charge is 0.438 e. The van der Waals surface area contributed by atoms with Crippen LogP contribution in [0.5, 0.6) is 0 Å². The zero-order valence-electron chi connectivity index (χ0n) is 14.5. The molecule has 9 heteroatoms. The van der Waals surface area contributed by atoms with Crippen LogP contribution in [0.4, 0.5) is 0 Å². The first kappa shape index (κ1) is 16.9. The lowest BCUT2D eigenvalue weighted by molar-refractivity contribution is 0.406. The van der Waals surface area contributed by atoms with Gasteiger partial charge in [0.2, 0.25) is 15.8 Å². The first-order chi connectivity index (χ1) is 12.3. The minimum atomic E-state index is -3.62. The lowest BCUT2D eigenvalue weighted by Crippen LogP contribution is -2.29. The molecule has 0 bridgehead atoms. The highest BCUT2D eigenvalue weighted by Gasteiger charge is 2.62. The summed E-state index contributed by atoms with van der Waals surface area (Å²) in [6, 6.07) is 7.95. The summed E-state index contributed by atoms with van der Waals surface area (Å²) in [5.41, 5.74) is 0.316. The van der Waals surface area contributed by atoms with Gasteiger partial charge < -0.3 is 8.94 Å². The summed E-state index contributed by atoms with van der Waals surface area (Å²) >= 11 is 0. The van der Waals surface area contributed by atoms with E-state index in [0.29, 0.717) is 17.3 Å². The Morgan fingerprint density at radius 3 is 2.58 bits per heavy atom. The van der Waals surface area contributed by atoms with Gasteiger partial charge in [0.25, 0.3) is 5.89 Å². The van der Waals surface area contributed by atoms with Crippen LogP contribution in [0, 0.1) is 12.3 Å². The van der Waals surface area contributed by atoms with Crippen LogP contribution in [0.3, 0.4) is 0 Å². The molecular weight excluding hydrogens is 356 g/mol.